The molecule has 4 nitrogen and oxygen atoms in total. The molecule has 0 saturated carbocycles. The molecule has 0 bridgehead atoms. The topological polar surface area (TPSA) is 58.4 Å². The Morgan fingerprint density at radius 2 is 2.06 bits per heavy atom. The maximum Gasteiger partial charge on any atom is 0.223 e. The zero-order valence-electron chi connectivity index (χ0n) is 11.5. The van der Waals surface area contributed by atoms with E-state index >= 15 is 0 Å². The molecule has 0 aromatic carbocycles. The number of nitrogens with one attached hydrogen (secondary N) is 1. The number of hydrogen-bond acceptors (Lipinski definition) is 3. The number of carbonyl (C=O) groups excluding carboxylic acids is 1. The second-order valence-electron chi connectivity index (χ2n) is 6.00. The minimum absolute atomic E-state index is 0.281. The van der Waals surface area contributed by atoms with Crippen LogP contribution in [-0.2, 0) is 4.79 Å². The van der Waals surface area contributed by atoms with Crippen LogP contribution in [0, 0.1) is 11.8 Å². The summed E-state index contributed by atoms with van der Waals surface area (Å²) < 4.78 is 0. The van der Waals surface area contributed by atoms with Crippen molar-refractivity contribution in [1.29, 1.82) is 0 Å². The Balaban J connectivity index is 1.86. The molecule has 0 radical (unpaired) electrons. The van der Waals surface area contributed by atoms with Crippen LogP contribution < -0.4 is 11.1 Å². The highest BCUT2D eigenvalue weighted by Crippen LogP contribution is 2.25. The van der Waals surface area contributed by atoms with E-state index in [2.05, 4.69) is 17.1 Å². The molecule has 18 heavy (non-hydrogen) atoms. The number of piperidine rings is 2. The number of hydrogen-bond donors (Lipinski definition) is 2. The molecule has 0 aliphatic carbocycles. The van der Waals surface area contributed by atoms with Gasteiger partial charge in [-0.1, -0.05) is 6.92 Å². The van der Waals surface area contributed by atoms with Gasteiger partial charge in [0, 0.05) is 25.6 Å². The van der Waals surface area contributed by atoms with Crippen LogP contribution in [0.15, 0.2) is 0 Å². The second-order valence-corrected chi connectivity index (χ2v) is 6.00. The maximum atomic E-state index is 12.4. The molecule has 2 unspecified atom stereocenters. The third-order valence-electron chi connectivity index (χ3n) is 4.49. The summed E-state index contributed by atoms with van der Waals surface area (Å²) in [7, 11) is 0. The van der Waals surface area contributed by atoms with Crippen molar-refractivity contribution in [3.8, 4) is 0 Å². The second kappa shape index (κ2) is 6.53. The van der Waals surface area contributed by atoms with Crippen LogP contribution >= 0.6 is 0 Å². The van der Waals surface area contributed by atoms with E-state index in [1.165, 1.54) is 0 Å². The highest BCUT2D eigenvalue weighted by Gasteiger charge is 2.30. The summed E-state index contributed by atoms with van der Waals surface area (Å²) in [6, 6.07) is 0.281. The molecule has 2 saturated heterocycles. The van der Waals surface area contributed by atoms with Gasteiger partial charge >= 0.3 is 0 Å². The van der Waals surface area contributed by atoms with Crippen LogP contribution in [0.1, 0.15) is 39.0 Å². The number of rotatable bonds is 3. The SMILES string of the molecule is CC1CCN(C(=O)CC2CCNCC2)C(CN)C1. The first-order valence-electron chi connectivity index (χ1n) is 7.41. The van der Waals surface area contributed by atoms with Gasteiger partial charge in [0.05, 0.1) is 0 Å². The molecule has 3 N–H and O–H groups in total. The third kappa shape index (κ3) is 3.45. The Hall–Kier alpha value is -0.610. The maximum absolute atomic E-state index is 12.4. The fraction of sp³-hybridized carbons (Fsp3) is 0.929. The van der Waals surface area contributed by atoms with Gasteiger partial charge in [0.15, 0.2) is 0 Å². The van der Waals surface area contributed by atoms with Crippen LogP contribution in [0.5, 0.6) is 0 Å². The molecule has 2 heterocycles. The molecule has 1 amide bonds. The largest absolute Gasteiger partial charge is 0.338 e. The lowest BCUT2D eigenvalue weighted by Gasteiger charge is -2.39. The highest BCUT2D eigenvalue weighted by atomic mass is 16.2. The Kier molecular flexibility index (Phi) is 5.01. The molecular weight excluding hydrogens is 226 g/mol. The minimum Gasteiger partial charge on any atom is -0.338 e. The van der Waals surface area contributed by atoms with Gasteiger partial charge in [0.2, 0.25) is 5.91 Å². The van der Waals surface area contributed by atoms with E-state index in [1.807, 2.05) is 0 Å². The van der Waals surface area contributed by atoms with Crippen molar-refractivity contribution in [3.05, 3.63) is 0 Å². The predicted octanol–water partition coefficient (Wildman–Crippen LogP) is 0.962. The number of nitrogens with zero attached hydrogens (tertiary/aromatic N) is 1. The average molecular weight is 253 g/mol. The summed E-state index contributed by atoms with van der Waals surface area (Å²) in [5.41, 5.74) is 5.82. The van der Waals surface area contributed by atoms with E-state index in [0.29, 0.717) is 24.3 Å². The van der Waals surface area contributed by atoms with Crippen molar-refractivity contribution in [1.82, 2.24) is 10.2 Å². The fourth-order valence-corrected chi connectivity index (χ4v) is 3.25. The van der Waals surface area contributed by atoms with Crippen molar-refractivity contribution in [2.45, 2.75) is 45.1 Å². The first-order valence-corrected chi connectivity index (χ1v) is 7.41. The minimum atomic E-state index is 0.281. The first kappa shape index (κ1) is 13.8. The molecule has 2 fully saturated rings. The molecule has 2 aliphatic heterocycles. The lowest BCUT2D eigenvalue weighted by Crippen LogP contribution is -2.49. The number of likely N-dealkylation sites (tertiary alicyclic amines) is 1. The monoisotopic (exact) mass is 253 g/mol. The lowest BCUT2D eigenvalue weighted by molar-refractivity contribution is -0.136. The van der Waals surface area contributed by atoms with Crippen molar-refractivity contribution >= 4 is 5.91 Å². The van der Waals surface area contributed by atoms with Gasteiger partial charge in [0.1, 0.15) is 0 Å². The average Bonchev–Trinajstić information content (AvgIpc) is 2.39. The van der Waals surface area contributed by atoms with Gasteiger partial charge in [0.25, 0.3) is 0 Å². The van der Waals surface area contributed by atoms with Crippen molar-refractivity contribution in [3.63, 3.8) is 0 Å². The summed E-state index contributed by atoms with van der Waals surface area (Å²) in [5.74, 6) is 1.63. The van der Waals surface area contributed by atoms with Gasteiger partial charge < -0.3 is 16.0 Å². The highest BCUT2D eigenvalue weighted by molar-refractivity contribution is 5.77. The van der Waals surface area contributed by atoms with Gasteiger partial charge in [-0.25, -0.2) is 0 Å². The number of nitrogens with two attached hydrogens (primary N) is 1. The lowest BCUT2D eigenvalue weighted by atomic mass is 9.90. The molecule has 0 aromatic heterocycles. The summed E-state index contributed by atoms with van der Waals surface area (Å²) in [6.07, 6.45) is 5.22. The Morgan fingerprint density at radius 1 is 1.33 bits per heavy atom. The van der Waals surface area contributed by atoms with Gasteiger partial charge in [-0.3, -0.25) is 4.79 Å². The van der Waals surface area contributed by atoms with E-state index in [-0.39, 0.29) is 6.04 Å². The molecule has 104 valence electrons. The molecule has 0 spiro atoms. The van der Waals surface area contributed by atoms with E-state index < -0.39 is 0 Å². The molecule has 2 rings (SSSR count). The fourth-order valence-electron chi connectivity index (χ4n) is 3.25. The first-order chi connectivity index (χ1) is 8.70. The Bertz CT molecular complexity index is 276. The van der Waals surface area contributed by atoms with Crippen LogP contribution in [0.25, 0.3) is 0 Å². The van der Waals surface area contributed by atoms with Gasteiger partial charge in [-0.05, 0) is 50.6 Å². The van der Waals surface area contributed by atoms with E-state index in [0.717, 1.165) is 51.7 Å². The van der Waals surface area contributed by atoms with Crippen LogP contribution in [0.2, 0.25) is 0 Å². The predicted molar refractivity (Wildman–Crippen MR) is 73.2 cm³/mol. The third-order valence-corrected chi connectivity index (χ3v) is 4.49. The molecule has 0 aromatic rings. The Labute approximate surface area is 110 Å². The van der Waals surface area contributed by atoms with E-state index in [9.17, 15) is 4.79 Å². The van der Waals surface area contributed by atoms with E-state index in [4.69, 9.17) is 5.73 Å². The smallest absolute Gasteiger partial charge is 0.223 e. The standard InChI is InChI=1S/C14H27N3O/c1-11-4-7-17(13(8-11)10-15)14(18)9-12-2-5-16-6-3-12/h11-13,16H,2-10,15H2,1H3. The van der Waals surface area contributed by atoms with Crippen molar-refractivity contribution in [2.24, 2.45) is 17.6 Å². The molecule has 4 heteroatoms. The van der Waals surface area contributed by atoms with Gasteiger partial charge in [-0.2, -0.15) is 0 Å². The number of carbonyl (C=O) groups is 1. The molecular formula is C14H27N3O. The summed E-state index contributed by atoms with van der Waals surface area (Å²) in [5, 5.41) is 3.35. The normalized spacial score (nSPS) is 30.4. The van der Waals surface area contributed by atoms with Crippen LogP contribution in [0.4, 0.5) is 0 Å². The summed E-state index contributed by atoms with van der Waals surface area (Å²) in [6.45, 7) is 5.91. The van der Waals surface area contributed by atoms with Crippen LogP contribution in [-0.4, -0.2) is 43.0 Å². The van der Waals surface area contributed by atoms with Gasteiger partial charge in [-0.15, -0.1) is 0 Å². The summed E-state index contributed by atoms with van der Waals surface area (Å²) in [4.78, 5) is 14.4. The Morgan fingerprint density at radius 3 is 2.72 bits per heavy atom. The molecule has 2 atom stereocenters. The number of amides is 1. The van der Waals surface area contributed by atoms with Crippen molar-refractivity contribution in [2.75, 3.05) is 26.2 Å². The zero-order chi connectivity index (χ0) is 13.0. The quantitative estimate of drug-likeness (QED) is 0.788. The zero-order valence-corrected chi connectivity index (χ0v) is 11.5. The van der Waals surface area contributed by atoms with Crippen LogP contribution in [0.3, 0.4) is 0 Å². The summed E-state index contributed by atoms with van der Waals surface area (Å²) >= 11 is 0. The van der Waals surface area contributed by atoms with E-state index in [1.54, 1.807) is 0 Å². The molecule has 2 aliphatic rings. The van der Waals surface area contributed by atoms with Crippen molar-refractivity contribution < 1.29 is 4.79 Å².